The second-order valence-corrected chi connectivity index (χ2v) is 6.18. The van der Waals surface area contributed by atoms with Crippen LogP contribution in [0.3, 0.4) is 0 Å². The first-order valence-corrected chi connectivity index (χ1v) is 7.84. The van der Waals surface area contributed by atoms with Gasteiger partial charge in [0.15, 0.2) is 0 Å². The summed E-state index contributed by atoms with van der Waals surface area (Å²) in [6.45, 7) is 10.0. The first kappa shape index (κ1) is 15.3. The Hall–Kier alpha value is -1.12. The third kappa shape index (κ3) is 4.19. The second kappa shape index (κ2) is 7.61. The number of piperazine rings is 1. The van der Waals surface area contributed by atoms with Crippen molar-refractivity contribution in [2.45, 2.75) is 39.3 Å². The minimum absolute atomic E-state index is 0.463. The summed E-state index contributed by atoms with van der Waals surface area (Å²) in [5.74, 6) is 0.753. The van der Waals surface area contributed by atoms with Crippen LogP contribution >= 0.6 is 0 Å². The van der Waals surface area contributed by atoms with Crippen molar-refractivity contribution >= 4 is 0 Å². The summed E-state index contributed by atoms with van der Waals surface area (Å²) < 4.78 is 0. The molecule has 2 rings (SSSR count). The van der Waals surface area contributed by atoms with Gasteiger partial charge in [-0.05, 0) is 24.8 Å². The van der Waals surface area contributed by atoms with E-state index in [1.807, 2.05) is 0 Å². The predicted molar refractivity (Wildman–Crippen MR) is 86.8 cm³/mol. The highest BCUT2D eigenvalue weighted by Gasteiger charge is 2.28. The van der Waals surface area contributed by atoms with E-state index < -0.39 is 0 Å². The van der Waals surface area contributed by atoms with Gasteiger partial charge in [-0.3, -0.25) is 4.90 Å². The van der Waals surface area contributed by atoms with Gasteiger partial charge in [-0.2, -0.15) is 0 Å². The van der Waals surface area contributed by atoms with E-state index in [0.29, 0.717) is 12.1 Å². The molecule has 0 amide bonds. The maximum Gasteiger partial charge on any atom is 0.0450 e. The zero-order valence-corrected chi connectivity index (χ0v) is 13.0. The highest BCUT2D eigenvalue weighted by molar-refractivity contribution is 5.20. The van der Waals surface area contributed by atoms with Crippen LogP contribution in [0.25, 0.3) is 0 Å². The summed E-state index contributed by atoms with van der Waals surface area (Å²) >= 11 is 0. The average Bonchev–Trinajstić information content (AvgIpc) is 2.46. The lowest BCUT2D eigenvalue weighted by Gasteiger charge is -2.41. The molecule has 1 aliphatic rings. The Morgan fingerprint density at radius 1 is 1.30 bits per heavy atom. The van der Waals surface area contributed by atoms with Crippen molar-refractivity contribution < 1.29 is 0 Å². The number of nitrogens with zero attached hydrogens (tertiary/aromatic N) is 1. The maximum atomic E-state index is 3.73. The standard InChI is InChI=1S/C18H28N2/c1-4-5-11-20-14-18(16-9-7-6-8-10-16)19-13-17(20)12-15(2)3/h4-10,15,17-19H,11-14H2,1-3H3/b5-4+. The summed E-state index contributed by atoms with van der Waals surface area (Å²) in [6, 6.07) is 11.9. The van der Waals surface area contributed by atoms with Crippen molar-refractivity contribution in [2.24, 2.45) is 5.92 Å². The Balaban J connectivity index is 2.04. The molecule has 1 N–H and O–H groups in total. The number of allylic oxidation sites excluding steroid dienone is 1. The van der Waals surface area contributed by atoms with Crippen LogP contribution in [0.1, 0.15) is 38.8 Å². The van der Waals surface area contributed by atoms with Crippen molar-refractivity contribution in [1.82, 2.24) is 10.2 Å². The lowest BCUT2D eigenvalue weighted by molar-refractivity contribution is 0.128. The fraction of sp³-hybridized carbons (Fsp3) is 0.556. The normalized spacial score (nSPS) is 24.6. The topological polar surface area (TPSA) is 15.3 Å². The third-order valence-electron chi connectivity index (χ3n) is 4.05. The van der Waals surface area contributed by atoms with Gasteiger partial charge in [0.05, 0.1) is 0 Å². The number of rotatable bonds is 5. The molecule has 0 saturated carbocycles. The fourth-order valence-electron chi connectivity index (χ4n) is 3.01. The van der Waals surface area contributed by atoms with Gasteiger partial charge in [0.1, 0.15) is 0 Å². The molecule has 1 saturated heterocycles. The summed E-state index contributed by atoms with van der Waals surface area (Å²) in [6.07, 6.45) is 5.71. The Morgan fingerprint density at radius 3 is 2.70 bits per heavy atom. The molecule has 0 spiro atoms. The number of hydrogen-bond acceptors (Lipinski definition) is 2. The first-order valence-electron chi connectivity index (χ1n) is 7.84. The van der Waals surface area contributed by atoms with Crippen LogP contribution in [0.2, 0.25) is 0 Å². The van der Waals surface area contributed by atoms with Crippen LogP contribution in [-0.4, -0.2) is 30.6 Å². The van der Waals surface area contributed by atoms with E-state index in [-0.39, 0.29) is 0 Å². The van der Waals surface area contributed by atoms with E-state index in [4.69, 9.17) is 0 Å². The van der Waals surface area contributed by atoms with Crippen molar-refractivity contribution in [3.63, 3.8) is 0 Å². The molecule has 2 unspecified atom stereocenters. The molecule has 2 nitrogen and oxygen atoms in total. The maximum absolute atomic E-state index is 3.73. The number of nitrogens with one attached hydrogen (secondary N) is 1. The van der Waals surface area contributed by atoms with Gasteiger partial charge >= 0.3 is 0 Å². The smallest absolute Gasteiger partial charge is 0.0450 e. The van der Waals surface area contributed by atoms with Crippen LogP contribution in [0.5, 0.6) is 0 Å². The van der Waals surface area contributed by atoms with Crippen molar-refractivity contribution in [1.29, 1.82) is 0 Å². The zero-order chi connectivity index (χ0) is 14.4. The second-order valence-electron chi connectivity index (χ2n) is 6.18. The molecule has 0 bridgehead atoms. The largest absolute Gasteiger partial charge is 0.307 e. The Kier molecular flexibility index (Phi) is 5.81. The zero-order valence-electron chi connectivity index (χ0n) is 13.0. The van der Waals surface area contributed by atoms with Gasteiger partial charge in [0.25, 0.3) is 0 Å². The quantitative estimate of drug-likeness (QED) is 0.824. The molecule has 110 valence electrons. The van der Waals surface area contributed by atoms with E-state index in [9.17, 15) is 0 Å². The fourth-order valence-corrected chi connectivity index (χ4v) is 3.01. The summed E-state index contributed by atoms with van der Waals surface area (Å²) in [5.41, 5.74) is 1.40. The Labute approximate surface area is 123 Å². The molecule has 1 aromatic carbocycles. The van der Waals surface area contributed by atoms with Crippen molar-refractivity contribution in [2.75, 3.05) is 19.6 Å². The van der Waals surface area contributed by atoms with E-state index in [1.54, 1.807) is 0 Å². The van der Waals surface area contributed by atoms with Crippen LogP contribution in [0.15, 0.2) is 42.5 Å². The highest BCUT2D eigenvalue weighted by Crippen LogP contribution is 2.22. The molecule has 2 atom stereocenters. The van der Waals surface area contributed by atoms with E-state index in [2.05, 4.69) is 73.5 Å². The summed E-state index contributed by atoms with van der Waals surface area (Å²) in [7, 11) is 0. The average molecular weight is 272 g/mol. The van der Waals surface area contributed by atoms with Crippen molar-refractivity contribution in [3.8, 4) is 0 Å². The van der Waals surface area contributed by atoms with Crippen LogP contribution in [0, 0.1) is 5.92 Å². The van der Waals surface area contributed by atoms with Gasteiger partial charge in [-0.25, -0.2) is 0 Å². The van der Waals surface area contributed by atoms with Crippen LogP contribution < -0.4 is 5.32 Å². The molecule has 0 aromatic heterocycles. The molecule has 1 fully saturated rings. The SMILES string of the molecule is C/C=C/CN1CC(c2ccccc2)NCC1CC(C)C. The molecule has 1 aliphatic heterocycles. The van der Waals surface area contributed by atoms with Crippen molar-refractivity contribution in [3.05, 3.63) is 48.0 Å². The van der Waals surface area contributed by atoms with Gasteiger partial charge < -0.3 is 5.32 Å². The number of hydrogen-bond donors (Lipinski definition) is 1. The summed E-state index contributed by atoms with van der Waals surface area (Å²) in [5, 5.41) is 3.73. The molecular formula is C18H28N2. The lowest BCUT2D eigenvalue weighted by Crippen LogP contribution is -2.53. The Morgan fingerprint density at radius 2 is 2.05 bits per heavy atom. The molecule has 0 radical (unpaired) electrons. The van der Waals surface area contributed by atoms with Gasteiger partial charge in [-0.1, -0.05) is 56.3 Å². The van der Waals surface area contributed by atoms with Gasteiger partial charge in [0, 0.05) is 31.7 Å². The minimum atomic E-state index is 0.463. The van der Waals surface area contributed by atoms with Gasteiger partial charge in [0.2, 0.25) is 0 Å². The molecule has 20 heavy (non-hydrogen) atoms. The van der Waals surface area contributed by atoms with Crippen LogP contribution in [0.4, 0.5) is 0 Å². The monoisotopic (exact) mass is 272 g/mol. The summed E-state index contributed by atoms with van der Waals surface area (Å²) in [4.78, 5) is 2.63. The minimum Gasteiger partial charge on any atom is -0.307 e. The highest BCUT2D eigenvalue weighted by atomic mass is 15.2. The molecule has 0 aliphatic carbocycles. The lowest BCUT2D eigenvalue weighted by atomic mass is 9.96. The van der Waals surface area contributed by atoms with E-state index in [1.165, 1.54) is 12.0 Å². The molecule has 1 aromatic rings. The van der Waals surface area contributed by atoms with Gasteiger partial charge in [-0.15, -0.1) is 0 Å². The van der Waals surface area contributed by atoms with E-state index >= 15 is 0 Å². The predicted octanol–water partition coefficient (Wildman–Crippen LogP) is 3.62. The Bertz CT molecular complexity index is 411. The molecule has 2 heteroatoms. The number of benzene rings is 1. The molecular weight excluding hydrogens is 244 g/mol. The van der Waals surface area contributed by atoms with E-state index in [0.717, 1.165) is 25.6 Å². The molecule has 1 heterocycles. The first-order chi connectivity index (χ1) is 9.70. The third-order valence-corrected chi connectivity index (χ3v) is 4.05. The van der Waals surface area contributed by atoms with Crippen LogP contribution in [-0.2, 0) is 0 Å².